The molecular formula is C10H9N3. The fraction of sp³-hybridized carbons (Fsp3) is 0.200. The lowest BCUT2D eigenvalue weighted by Gasteiger charge is -1.69. The monoisotopic (exact) mass is 171 g/mol. The number of rotatable bonds is 2. The third kappa shape index (κ3) is 9.91. The molecule has 13 heavy (non-hydrogen) atoms. The second-order valence-electron chi connectivity index (χ2n) is 1.86. The lowest BCUT2D eigenvalue weighted by Crippen LogP contribution is -1.65. The van der Waals surface area contributed by atoms with Crippen molar-refractivity contribution in [3.63, 3.8) is 0 Å². The number of allylic oxidation sites excluding steroid dienone is 3. The minimum absolute atomic E-state index is 0.195. The van der Waals surface area contributed by atoms with Crippen LogP contribution in [0, 0.1) is 23.7 Å². The van der Waals surface area contributed by atoms with Crippen molar-refractivity contribution < 1.29 is 0 Å². The van der Waals surface area contributed by atoms with Crippen LogP contribution < -0.4 is 0 Å². The molecule has 0 aromatic carbocycles. The highest BCUT2D eigenvalue weighted by Gasteiger charge is 1.64. The average molecular weight is 171 g/mol. The lowest BCUT2D eigenvalue weighted by molar-refractivity contribution is 1.25. The van der Waals surface area contributed by atoms with Crippen molar-refractivity contribution in [3.05, 3.63) is 35.2 Å². The SMILES string of the molecule is C=CCC#C/C=C\C#CCN=[N+]=[N-]. The van der Waals surface area contributed by atoms with Crippen LogP contribution in [0.15, 0.2) is 29.9 Å². The van der Waals surface area contributed by atoms with Crippen LogP contribution in [0.4, 0.5) is 0 Å². The van der Waals surface area contributed by atoms with E-state index >= 15 is 0 Å². The molecule has 0 heterocycles. The summed E-state index contributed by atoms with van der Waals surface area (Å²) in [4.78, 5) is 2.55. The molecule has 0 N–H and O–H groups in total. The number of hydrogen-bond acceptors (Lipinski definition) is 1. The molecule has 3 nitrogen and oxygen atoms in total. The van der Waals surface area contributed by atoms with Gasteiger partial charge < -0.3 is 0 Å². The summed E-state index contributed by atoms with van der Waals surface area (Å²) in [5, 5.41) is 3.24. The maximum atomic E-state index is 7.91. The molecule has 0 aliphatic heterocycles. The molecule has 0 rings (SSSR count). The third-order valence-corrected chi connectivity index (χ3v) is 0.914. The number of nitrogens with zero attached hydrogens (tertiary/aromatic N) is 3. The first kappa shape index (κ1) is 10.9. The molecule has 0 aromatic heterocycles. The largest absolute Gasteiger partial charge is 0.102 e. The Kier molecular flexibility index (Phi) is 8.32. The second kappa shape index (κ2) is 9.91. The third-order valence-electron chi connectivity index (χ3n) is 0.914. The van der Waals surface area contributed by atoms with Gasteiger partial charge in [-0.2, -0.15) is 0 Å². The summed E-state index contributed by atoms with van der Waals surface area (Å²) in [7, 11) is 0. The van der Waals surface area contributed by atoms with Gasteiger partial charge in [0.25, 0.3) is 0 Å². The molecule has 0 radical (unpaired) electrons. The van der Waals surface area contributed by atoms with Crippen LogP contribution in [0.5, 0.6) is 0 Å². The molecule has 0 amide bonds. The van der Waals surface area contributed by atoms with Gasteiger partial charge in [-0.1, -0.05) is 34.9 Å². The molecule has 0 bridgehead atoms. The zero-order valence-corrected chi connectivity index (χ0v) is 7.20. The molecule has 0 saturated carbocycles. The summed E-state index contributed by atoms with van der Waals surface area (Å²) < 4.78 is 0. The van der Waals surface area contributed by atoms with E-state index in [-0.39, 0.29) is 6.54 Å². The van der Waals surface area contributed by atoms with Crippen molar-refractivity contribution in [1.82, 2.24) is 0 Å². The number of hydrogen-bond donors (Lipinski definition) is 0. The molecule has 0 saturated heterocycles. The van der Waals surface area contributed by atoms with E-state index in [1.165, 1.54) is 0 Å². The zero-order valence-electron chi connectivity index (χ0n) is 7.20. The predicted octanol–water partition coefficient (Wildman–Crippen LogP) is 2.44. The van der Waals surface area contributed by atoms with Crippen LogP contribution >= 0.6 is 0 Å². The van der Waals surface area contributed by atoms with Gasteiger partial charge in [0.1, 0.15) is 0 Å². The maximum absolute atomic E-state index is 7.91. The standard InChI is InChI=1S/C10H9N3/c1-2-3-4-5-6-7-8-9-10-12-13-11/h2,6-7H,1,3,10H2/b7-6-. The minimum Gasteiger partial charge on any atom is -0.102 e. The molecule has 0 aromatic rings. The maximum Gasteiger partial charge on any atom is 0.0880 e. The van der Waals surface area contributed by atoms with Gasteiger partial charge in [-0.3, -0.25) is 0 Å². The lowest BCUT2D eigenvalue weighted by atomic mass is 10.4. The van der Waals surface area contributed by atoms with E-state index in [4.69, 9.17) is 5.53 Å². The van der Waals surface area contributed by atoms with Gasteiger partial charge >= 0.3 is 0 Å². The Balaban J connectivity index is 3.73. The molecule has 0 atom stereocenters. The average Bonchev–Trinajstić information content (AvgIpc) is 2.16. The van der Waals surface area contributed by atoms with Crippen molar-refractivity contribution in [2.75, 3.05) is 6.54 Å². The summed E-state index contributed by atoms with van der Waals surface area (Å²) in [5.74, 6) is 10.9. The Morgan fingerprint density at radius 2 is 2.00 bits per heavy atom. The van der Waals surface area contributed by atoms with E-state index in [0.29, 0.717) is 6.42 Å². The molecule has 64 valence electrons. The van der Waals surface area contributed by atoms with Crippen LogP contribution in [0.3, 0.4) is 0 Å². The van der Waals surface area contributed by atoms with Gasteiger partial charge in [0.15, 0.2) is 0 Å². The number of azide groups is 1. The highest BCUT2D eigenvalue weighted by molar-refractivity contribution is 5.25. The van der Waals surface area contributed by atoms with Crippen molar-refractivity contribution in [1.29, 1.82) is 0 Å². The Morgan fingerprint density at radius 3 is 2.62 bits per heavy atom. The fourth-order valence-corrected chi connectivity index (χ4v) is 0.445. The van der Waals surface area contributed by atoms with Gasteiger partial charge in [0, 0.05) is 11.3 Å². The highest BCUT2D eigenvalue weighted by atomic mass is 15.1. The van der Waals surface area contributed by atoms with Crippen molar-refractivity contribution in [2.24, 2.45) is 5.11 Å². The summed E-state index contributed by atoms with van der Waals surface area (Å²) in [6.07, 6.45) is 5.67. The van der Waals surface area contributed by atoms with E-state index in [9.17, 15) is 0 Å². The molecule has 0 aliphatic rings. The topological polar surface area (TPSA) is 48.8 Å². The molecular weight excluding hydrogens is 162 g/mol. The first-order valence-corrected chi connectivity index (χ1v) is 3.65. The Labute approximate surface area is 77.8 Å². The van der Waals surface area contributed by atoms with Gasteiger partial charge in [0.05, 0.1) is 6.54 Å². The van der Waals surface area contributed by atoms with Crippen molar-refractivity contribution in [2.45, 2.75) is 6.42 Å². The zero-order chi connectivity index (χ0) is 9.78. The van der Waals surface area contributed by atoms with E-state index in [2.05, 4.69) is 40.3 Å². The molecule has 0 fully saturated rings. The summed E-state index contributed by atoms with van der Waals surface area (Å²) in [6, 6.07) is 0. The van der Waals surface area contributed by atoms with Gasteiger partial charge in [-0.25, -0.2) is 0 Å². The summed E-state index contributed by atoms with van der Waals surface area (Å²) in [6.45, 7) is 3.72. The predicted molar refractivity (Wildman–Crippen MR) is 53.5 cm³/mol. The Morgan fingerprint density at radius 1 is 1.31 bits per heavy atom. The molecule has 0 spiro atoms. The second-order valence-corrected chi connectivity index (χ2v) is 1.86. The van der Waals surface area contributed by atoms with E-state index in [1.807, 2.05) is 0 Å². The van der Waals surface area contributed by atoms with Gasteiger partial charge in [0.2, 0.25) is 0 Å². The van der Waals surface area contributed by atoms with Crippen LogP contribution in [-0.4, -0.2) is 6.54 Å². The van der Waals surface area contributed by atoms with Crippen LogP contribution in [0.1, 0.15) is 6.42 Å². The van der Waals surface area contributed by atoms with Crippen LogP contribution in [0.2, 0.25) is 0 Å². The fourth-order valence-electron chi connectivity index (χ4n) is 0.445. The van der Waals surface area contributed by atoms with Crippen LogP contribution in [0.25, 0.3) is 10.4 Å². The molecule has 0 unspecified atom stereocenters. The first-order valence-electron chi connectivity index (χ1n) is 3.65. The molecule has 0 aliphatic carbocycles. The first-order chi connectivity index (χ1) is 6.41. The van der Waals surface area contributed by atoms with E-state index in [1.54, 1.807) is 18.2 Å². The Bertz CT molecular complexity index is 338. The summed E-state index contributed by atoms with van der Waals surface area (Å²) >= 11 is 0. The normalized spacial score (nSPS) is 7.38. The molecule has 3 heteroatoms. The van der Waals surface area contributed by atoms with Crippen molar-refractivity contribution >= 4 is 0 Å². The van der Waals surface area contributed by atoms with E-state index < -0.39 is 0 Å². The van der Waals surface area contributed by atoms with Gasteiger partial charge in [-0.15, -0.1) is 6.58 Å². The van der Waals surface area contributed by atoms with Crippen molar-refractivity contribution in [3.8, 4) is 23.7 Å². The van der Waals surface area contributed by atoms with Crippen LogP contribution in [-0.2, 0) is 0 Å². The summed E-state index contributed by atoms with van der Waals surface area (Å²) in [5.41, 5.74) is 7.91. The minimum atomic E-state index is 0.195. The quantitative estimate of drug-likeness (QED) is 0.201. The van der Waals surface area contributed by atoms with Gasteiger partial charge in [-0.05, 0) is 17.7 Å². The smallest absolute Gasteiger partial charge is 0.0880 e. The Hall–Kier alpha value is -2.09. The van der Waals surface area contributed by atoms with E-state index in [0.717, 1.165) is 0 Å². The highest BCUT2D eigenvalue weighted by Crippen LogP contribution is 1.74.